The van der Waals surface area contributed by atoms with E-state index < -0.39 is 22.1 Å². The Morgan fingerprint density at radius 1 is 1.00 bits per heavy atom. The summed E-state index contributed by atoms with van der Waals surface area (Å²) >= 11 is 0. The fraction of sp³-hybridized carbons (Fsp3) is 0.750. The predicted molar refractivity (Wildman–Crippen MR) is 73.7 cm³/mol. The quantitative estimate of drug-likeness (QED) is 0.221. The third kappa shape index (κ3) is 19.9. The minimum atomic E-state index is -3.88. The maximum atomic E-state index is 10.7. The van der Waals surface area contributed by atoms with Crippen molar-refractivity contribution in [1.82, 2.24) is 0 Å². The zero-order valence-electron chi connectivity index (χ0n) is 12.8. The molecule has 0 aromatic carbocycles. The van der Waals surface area contributed by atoms with Crippen LogP contribution in [-0.4, -0.2) is 35.1 Å². The Balaban J connectivity index is -0.000000317. The SMILES string of the molecule is CCCCC[C-](CC)S(=O)(=O)O.O=C(O)CCC(=O)O.[Na+]. The summed E-state index contributed by atoms with van der Waals surface area (Å²) in [6.45, 7) is 3.80. The van der Waals surface area contributed by atoms with Crippen LogP contribution in [-0.2, 0) is 19.7 Å². The van der Waals surface area contributed by atoms with Gasteiger partial charge in [-0.05, 0) is 0 Å². The van der Waals surface area contributed by atoms with Gasteiger partial charge in [0.2, 0.25) is 0 Å². The minimum absolute atomic E-state index is 0. The summed E-state index contributed by atoms with van der Waals surface area (Å²) in [4.78, 5) is 19.3. The molecule has 9 heteroatoms. The van der Waals surface area contributed by atoms with Crippen LogP contribution in [0.15, 0.2) is 0 Å². The third-order valence-corrected chi connectivity index (χ3v) is 3.59. The number of carboxylic acid groups (broad SMARTS) is 2. The van der Waals surface area contributed by atoms with Gasteiger partial charge in [0.05, 0.1) is 12.8 Å². The first-order chi connectivity index (χ1) is 9.15. The number of hydrogen-bond donors (Lipinski definition) is 3. The second-order valence-electron chi connectivity index (χ2n) is 4.11. The van der Waals surface area contributed by atoms with Crippen molar-refractivity contribution in [1.29, 1.82) is 0 Å². The molecule has 120 valence electrons. The number of carbonyl (C=O) groups is 2. The third-order valence-electron chi connectivity index (χ3n) is 2.37. The Labute approximate surface area is 148 Å². The Morgan fingerprint density at radius 2 is 1.43 bits per heavy atom. The Morgan fingerprint density at radius 3 is 1.67 bits per heavy atom. The van der Waals surface area contributed by atoms with Crippen molar-refractivity contribution < 1.29 is 62.3 Å². The number of carboxylic acids is 2. The van der Waals surface area contributed by atoms with Crippen LogP contribution in [0.3, 0.4) is 0 Å². The standard InChI is InChI=1S/C8H17O3S.C4H6O4.Na/c1-3-5-6-7-8(4-2)12(9,10)11;5-3(6)1-2-4(7)8;/h3-7H2,1-2H3,(H,9,10,11);1-2H2,(H,5,6)(H,7,8);/q-1;;+1. The fourth-order valence-corrected chi connectivity index (χ4v) is 2.04. The van der Waals surface area contributed by atoms with Gasteiger partial charge >= 0.3 is 41.5 Å². The van der Waals surface area contributed by atoms with Gasteiger partial charge in [-0.2, -0.15) is 18.1 Å². The van der Waals surface area contributed by atoms with Crippen LogP contribution in [0.2, 0.25) is 0 Å². The molecule has 0 heterocycles. The predicted octanol–water partition coefficient (Wildman–Crippen LogP) is -0.664. The number of aliphatic carboxylic acids is 2. The van der Waals surface area contributed by atoms with Gasteiger partial charge in [-0.1, -0.05) is 33.1 Å². The second-order valence-corrected chi connectivity index (χ2v) is 5.64. The molecule has 0 aromatic rings. The smallest absolute Gasteiger partial charge is 0.481 e. The van der Waals surface area contributed by atoms with Gasteiger partial charge in [0.25, 0.3) is 0 Å². The van der Waals surface area contributed by atoms with Crippen LogP contribution in [0, 0.1) is 5.25 Å². The number of rotatable bonds is 9. The molecule has 0 saturated carbocycles. The summed E-state index contributed by atoms with van der Waals surface area (Å²) < 4.78 is 30.1. The van der Waals surface area contributed by atoms with E-state index >= 15 is 0 Å². The van der Waals surface area contributed by atoms with Crippen LogP contribution in [0.25, 0.3) is 0 Å². The van der Waals surface area contributed by atoms with Crippen molar-refractivity contribution in [3.8, 4) is 0 Å². The van der Waals surface area contributed by atoms with E-state index in [4.69, 9.17) is 14.8 Å². The summed E-state index contributed by atoms with van der Waals surface area (Å²) in [6, 6.07) is 0. The van der Waals surface area contributed by atoms with Gasteiger partial charge in [0, 0.05) is 0 Å². The molecule has 0 fully saturated rings. The summed E-state index contributed by atoms with van der Waals surface area (Å²) in [5, 5.41) is 16.1. The van der Waals surface area contributed by atoms with Crippen LogP contribution in [0.5, 0.6) is 0 Å². The number of hydrogen-bond acceptors (Lipinski definition) is 4. The molecule has 0 unspecified atom stereocenters. The topological polar surface area (TPSA) is 129 Å². The average Bonchev–Trinajstić information content (AvgIpc) is 2.31. The molecule has 0 aliphatic heterocycles. The van der Waals surface area contributed by atoms with Crippen molar-refractivity contribution in [3.05, 3.63) is 5.25 Å². The first kappa shape index (κ1) is 25.8. The van der Waals surface area contributed by atoms with Crippen LogP contribution in [0.1, 0.15) is 58.8 Å². The Bertz CT molecular complexity index is 367. The molecule has 7 nitrogen and oxygen atoms in total. The minimum Gasteiger partial charge on any atom is -0.481 e. The maximum Gasteiger partial charge on any atom is 1.00 e. The summed E-state index contributed by atoms with van der Waals surface area (Å²) in [5.74, 6) is -2.15. The monoisotopic (exact) mass is 334 g/mol. The normalized spacial score (nSPS) is 10.3. The van der Waals surface area contributed by atoms with E-state index in [0.717, 1.165) is 19.3 Å². The zero-order chi connectivity index (χ0) is 16.2. The van der Waals surface area contributed by atoms with E-state index in [2.05, 4.69) is 6.92 Å². The fourth-order valence-electron chi connectivity index (χ4n) is 1.27. The van der Waals surface area contributed by atoms with Crippen LogP contribution < -0.4 is 29.6 Å². The van der Waals surface area contributed by atoms with Gasteiger partial charge in [-0.25, -0.2) is 8.42 Å². The second kappa shape index (κ2) is 14.8. The summed E-state index contributed by atoms with van der Waals surface area (Å²) in [7, 11) is -3.88. The summed E-state index contributed by atoms with van der Waals surface area (Å²) in [5.41, 5.74) is 0. The maximum absolute atomic E-state index is 10.7. The molecule has 0 radical (unpaired) electrons. The molecule has 0 aromatic heterocycles. The molecule has 0 bridgehead atoms. The molecule has 0 atom stereocenters. The molecular weight excluding hydrogens is 311 g/mol. The van der Waals surface area contributed by atoms with Crippen LogP contribution in [0.4, 0.5) is 0 Å². The molecule has 0 rings (SSSR count). The zero-order valence-corrected chi connectivity index (χ0v) is 15.6. The van der Waals surface area contributed by atoms with Gasteiger partial charge in [-0.15, -0.1) is 0 Å². The molecule has 0 saturated heterocycles. The van der Waals surface area contributed by atoms with Crippen molar-refractivity contribution in [2.75, 3.05) is 0 Å². The van der Waals surface area contributed by atoms with Crippen molar-refractivity contribution in [2.45, 2.75) is 58.8 Å². The molecule has 0 aliphatic rings. The largest absolute Gasteiger partial charge is 1.00 e. The van der Waals surface area contributed by atoms with Gasteiger partial charge in [-0.3, -0.25) is 9.59 Å². The van der Waals surface area contributed by atoms with E-state index in [1.54, 1.807) is 6.92 Å². The molecule has 3 N–H and O–H groups in total. The van der Waals surface area contributed by atoms with Crippen molar-refractivity contribution >= 4 is 22.1 Å². The molecule has 0 amide bonds. The van der Waals surface area contributed by atoms with Crippen molar-refractivity contribution in [2.24, 2.45) is 0 Å². The van der Waals surface area contributed by atoms with E-state index in [1.807, 2.05) is 0 Å². The summed E-state index contributed by atoms with van der Waals surface area (Å²) in [6.07, 6.45) is 3.25. The van der Waals surface area contributed by atoms with Crippen LogP contribution >= 0.6 is 0 Å². The van der Waals surface area contributed by atoms with E-state index in [9.17, 15) is 18.0 Å². The molecular formula is C12H23NaO7S. The first-order valence-electron chi connectivity index (χ1n) is 6.40. The number of unbranched alkanes of at least 4 members (excludes halogenated alkanes) is 2. The van der Waals surface area contributed by atoms with E-state index in [0.29, 0.717) is 12.8 Å². The van der Waals surface area contributed by atoms with Gasteiger partial charge in [0.1, 0.15) is 10.1 Å². The van der Waals surface area contributed by atoms with E-state index in [-0.39, 0.29) is 47.6 Å². The van der Waals surface area contributed by atoms with Gasteiger partial charge < -0.3 is 14.8 Å². The van der Waals surface area contributed by atoms with E-state index in [1.165, 1.54) is 0 Å². The van der Waals surface area contributed by atoms with Crippen molar-refractivity contribution in [3.63, 3.8) is 0 Å². The molecule has 21 heavy (non-hydrogen) atoms. The van der Waals surface area contributed by atoms with Gasteiger partial charge in [0.15, 0.2) is 0 Å². The average molecular weight is 334 g/mol. The Hall–Kier alpha value is -0.150. The molecule has 0 aliphatic carbocycles. The molecule has 0 spiro atoms. The first-order valence-corrected chi connectivity index (χ1v) is 7.84. The Kier molecular flexibility index (Phi) is 18.1.